The number of carbonyl (C=O) groups is 2. The predicted molar refractivity (Wildman–Crippen MR) is 87.5 cm³/mol. The Morgan fingerprint density at radius 2 is 2.00 bits per heavy atom. The van der Waals surface area contributed by atoms with Crippen LogP contribution in [0.2, 0.25) is 0 Å². The van der Waals surface area contributed by atoms with Crippen LogP contribution < -0.4 is 9.80 Å². The molecule has 2 N–H and O–H groups in total. The molecule has 0 aliphatic carbocycles. The smallest absolute Gasteiger partial charge is 0.396 e. The summed E-state index contributed by atoms with van der Waals surface area (Å²) in [4.78, 5) is 27.1. The minimum absolute atomic E-state index is 0.00760. The number of nitrogens with zero attached hydrogens (tertiary/aromatic N) is 1. The average molecular weight is 371 g/mol. The fraction of sp³-hybridized carbons (Fsp3) is 0.556. The fourth-order valence-electron chi connectivity index (χ4n) is 4.07. The molecular weight excluding hydrogens is 349 g/mol. The molecule has 0 radical (unpaired) electrons. The van der Waals surface area contributed by atoms with Crippen molar-refractivity contribution in [2.24, 2.45) is 0 Å². The number of nitrogens with one attached hydrogen (secondary N) is 1. The second-order valence-electron chi connectivity index (χ2n) is 6.90. The number of aliphatic hydroxyl groups excluding tert-OH is 1. The number of imide groups is 1. The molecule has 1 aromatic carbocycles. The maximum Gasteiger partial charge on any atom is 0.416 e. The summed E-state index contributed by atoms with van der Waals surface area (Å²) in [5, 5.41) is 9.25. The maximum absolute atomic E-state index is 12.9. The number of anilines is 1. The molecule has 2 saturated heterocycles. The van der Waals surface area contributed by atoms with Gasteiger partial charge in [0, 0.05) is 13.0 Å². The molecule has 5 nitrogen and oxygen atoms in total. The van der Waals surface area contributed by atoms with Crippen molar-refractivity contribution in [1.29, 1.82) is 0 Å². The number of halogens is 3. The third-order valence-electron chi connectivity index (χ3n) is 5.30. The molecule has 2 amide bonds. The minimum atomic E-state index is -4.54. The largest absolute Gasteiger partial charge is 0.416 e. The van der Waals surface area contributed by atoms with Gasteiger partial charge >= 0.3 is 6.18 Å². The van der Waals surface area contributed by atoms with Crippen LogP contribution in [0.5, 0.6) is 0 Å². The minimum Gasteiger partial charge on any atom is -0.396 e. The molecule has 2 heterocycles. The van der Waals surface area contributed by atoms with Gasteiger partial charge in [-0.1, -0.05) is 6.07 Å². The normalized spacial score (nSPS) is 27.2. The van der Waals surface area contributed by atoms with Crippen molar-refractivity contribution in [1.82, 2.24) is 0 Å². The summed E-state index contributed by atoms with van der Waals surface area (Å²) < 4.78 is 38.8. The number of aliphatic hydroxyl groups is 1. The highest BCUT2D eigenvalue weighted by Crippen LogP contribution is 2.33. The zero-order chi connectivity index (χ0) is 18.9. The van der Waals surface area contributed by atoms with Gasteiger partial charge < -0.3 is 10.0 Å². The van der Waals surface area contributed by atoms with E-state index in [4.69, 9.17) is 0 Å². The number of carbonyl (C=O) groups excluding carboxylic acids is 2. The second kappa shape index (κ2) is 7.36. The summed E-state index contributed by atoms with van der Waals surface area (Å²) in [5.74, 6) is -0.922. The Hall–Kier alpha value is -1.93. The lowest BCUT2D eigenvalue weighted by molar-refractivity contribution is -0.945. The van der Waals surface area contributed by atoms with Gasteiger partial charge in [-0.2, -0.15) is 13.2 Å². The van der Waals surface area contributed by atoms with Gasteiger partial charge in [0.15, 0.2) is 6.04 Å². The van der Waals surface area contributed by atoms with Crippen molar-refractivity contribution in [3.63, 3.8) is 0 Å². The zero-order valence-corrected chi connectivity index (χ0v) is 14.3. The molecule has 3 rings (SSSR count). The molecule has 2 aliphatic rings. The summed E-state index contributed by atoms with van der Waals surface area (Å²) in [6.07, 6.45) is -1.18. The van der Waals surface area contributed by atoms with Crippen LogP contribution in [0.1, 0.15) is 37.7 Å². The SMILES string of the molecule is O=C1C[C@@H]([NH+]2CCCC[C@@H]2CCO)C(=O)N1c1cccc(C(F)(F)F)c1. The molecule has 0 spiro atoms. The molecule has 0 bridgehead atoms. The standard InChI is InChI=1S/C18H21F3N2O3/c19-18(20,21)12-4-3-6-14(10-12)23-16(25)11-15(17(23)26)22-8-2-1-5-13(22)7-9-24/h3-4,6,10,13,15,24H,1-2,5,7-9,11H2/p+1/t13-,15-/m1/s1. The maximum atomic E-state index is 12.9. The summed E-state index contributed by atoms with van der Waals surface area (Å²) in [6.45, 7) is 0.741. The summed E-state index contributed by atoms with van der Waals surface area (Å²) in [7, 11) is 0. The molecule has 1 aromatic rings. The van der Waals surface area contributed by atoms with Crippen LogP contribution in [0.3, 0.4) is 0 Å². The van der Waals surface area contributed by atoms with E-state index < -0.39 is 29.6 Å². The van der Waals surface area contributed by atoms with Gasteiger partial charge in [-0.3, -0.25) is 9.59 Å². The van der Waals surface area contributed by atoms with Crippen LogP contribution in [0.15, 0.2) is 24.3 Å². The summed E-state index contributed by atoms with van der Waals surface area (Å²) in [6, 6.07) is 3.82. The van der Waals surface area contributed by atoms with Gasteiger partial charge in [0.25, 0.3) is 5.91 Å². The molecule has 2 aliphatic heterocycles. The summed E-state index contributed by atoms with van der Waals surface area (Å²) >= 11 is 0. The first-order chi connectivity index (χ1) is 12.3. The highest BCUT2D eigenvalue weighted by molar-refractivity contribution is 6.21. The third-order valence-corrected chi connectivity index (χ3v) is 5.30. The molecule has 142 valence electrons. The van der Waals surface area contributed by atoms with Crippen LogP contribution >= 0.6 is 0 Å². The lowest BCUT2D eigenvalue weighted by Crippen LogP contribution is -3.20. The van der Waals surface area contributed by atoms with E-state index in [1.54, 1.807) is 0 Å². The molecule has 2 fully saturated rings. The number of hydrogen-bond acceptors (Lipinski definition) is 3. The number of benzene rings is 1. The van der Waals surface area contributed by atoms with Gasteiger partial charge in [-0.25, -0.2) is 4.90 Å². The lowest BCUT2D eigenvalue weighted by atomic mass is 9.97. The number of rotatable bonds is 4. The van der Waals surface area contributed by atoms with Crippen LogP contribution in [0.25, 0.3) is 0 Å². The number of amides is 2. The van der Waals surface area contributed by atoms with Crippen molar-refractivity contribution < 1.29 is 32.8 Å². The van der Waals surface area contributed by atoms with E-state index >= 15 is 0 Å². The zero-order valence-electron chi connectivity index (χ0n) is 14.3. The Morgan fingerprint density at radius 3 is 2.69 bits per heavy atom. The van der Waals surface area contributed by atoms with Crippen molar-refractivity contribution in [3.8, 4) is 0 Å². The Bertz CT molecular complexity index is 691. The first-order valence-corrected chi connectivity index (χ1v) is 8.83. The van der Waals surface area contributed by atoms with Gasteiger partial charge in [-0.05, 0) is 37.5 Å². The van der Waals surface area contributed by atoms with Crippen LogP contribution in [-0.2, 0) is 15.8 Å². The quantitative estimate of drug-likeness (QED) is 0.781. The Kier molecular flexibility index (Phi) is 5.34. The van der Waals surface area contributed by atoms with Crippen molar-refractivity contribution >= 4 is 17.5 Å². The molecule has 0 aromatic heterocycles. The topological polar surface area (TPSA) is 62.1 Å². The molecule has 0 saturated carbocycles. The molecule has 8 heteroatoms. The average Bonchev–Trinajstić information content (AvgIpc) is 2.89. The first-order valence-electron chi connectivity index (χ1n) is 8.83. The van der Waals surface area contributed by atoms with E-state index in [9.17, 15) is 27.9 Å². The van der Waals surface area contributed by atoms with Crippen molar-refractivity contribution in [3.05, 3.63) is 29.8 Å². The van der Waals surface area contributed by atoms with Crippen LogP contribution in [-0.4, -0.2) is 42.2 Å². The third kappa shape index (κ3) is 3.61. The van der Waals surface area contributed by atoms with Crippen LogP contribution in [0.4, 0.5) is 18.9 Å². The van der Waals surface area contributed by atoms with Crippen molar-refractivity contribution in [2.45, 2.75) is 50.4 Å². The van der Waals surface area contributed by atoms with E-state index in [-0.39, 0.29) is 24.8 Å². The molecule has 1 unspecified atom stereocenters. The number of piperidine rings is 1. The van der Waals surface area contributed by atoms with Gasteiger partial charge in [-0.15, -0.1) is 0 Å². The Balaban J connectivity index is 1.85. The van der Waals surface area contributed by atoms with Gasteiger partial charge in [0.1, 0.15) is 0 Å². The fourth-order valence-corrected chi connectivity index (χ4v) is 4.07. The monoisotopic (exact) mass is 371 g/mol. The van der Waals surface area contributed by atoms with E-state index in [0.29, 0.717) is 6.42 Å². The van der Waals surface area contributed by atoms with E-state index in [1.165, 1.54) is 12.1 Å². The first kappa shape index (κ1) is 18.8. The van der Waals surface area contributed by atoms with Gasteiger partial charge in [0.05, 0.1) is 30.3 Å². The number of likely N-dealkylation sites (tertiary alicyclic amines) is 1. The van der Waals surface area contributed by atoms with E-state index in [0.717, 1.165) is 47.7 Å². The molecular formula is C18H22F3N2O3+. The number of alkyl halides is 3. The highest BCUT2D eigenvalue weighted by Gasteiger charge is 2.48. The second-order valence-corrected chi connectivity index (χ2v) is 6.90. The van der Waals surface area contributed by atoms with Crippen molar-refractivity contribution in [2.75, 3.05) is 18.1 Å². The number of hydrogen-bond donors (Lipinski definition) is 2. The van der Waals surface area contributed by atoms with Crippen LogP contribution in [0, 0.1) is 0 Å². The lowest BCUT2D eigenvalue weighted by Gasteiger charge is -2.35. The molecule has 26 heavy (non-hydrogen) atoms. The van der Waals surface area contributed by atoms with Gasteiger partial charge in [0.2, 0.25) is 5.91 Å². The summed E-state index contributed by atoms with van der Waals surface area (Å²) in [5.41, 5.74) is -0.921. The number of quaternary nitrogens is 1. The molecule has 3 atom stereocenters. The highest BCUT2D eigenvalue weighted by atomic mass is 19.4. The Morgan fingerprint density at radius 1 is 1.23 bits per heavy atom. The Labute approximate surface area is 149 Å². The van der Waals surface area contributed by atoms with E-state index in [2.05, 4.69) is 0 Å². The predicted octanol–water partition coefficient (Wildman–Crippen LogP) is 1.16. The van der Waals surface area contributed by atoms with E-state index in [1.807, 2.05) is 0 Å².